The molecule has 1 N–H and O–H groups in total. The second-order valence-electron chi connectivity index (χ2n) is 5.57. The molecule has 1 amide bonds. The van der Waals surface area contributed by atoms with Crippen LogP contribution in [0.3, 0.4) is 0 Å². The molecule has 0 bridgehead atoms. The molecule has 0 saturated carbocycles. The number of rotatable bonds is 7. The predicted molar refractivity (Wildman–Crippen MR) is 96.0 cm³/mol. The first-order valence-corrected chi connectivity index (χ1v) is 8.91. The Morgan fingerprint density at radius 3 is 2.75 bits per heavy atom. The fourth-order valence-electron chi connectivity index (χ4n) is 2.46. The number of thiophene rings is 1. The van der Waals surface area contributed by atoms with Crippen molar-refractivity contribution in [2.45, 2.75) is 26.2 Å². The second kappa shape index (κ2) is 7.93. The summed E-state index contributed by atoms with van der Waals surface area (Å²) in [5.74, 6) is 1.52. The molecule has 0 radical (unpaired) electrons. The molecule has 124 valence electrons. The van der Waals surface area contributed by atoms with Crippen LogP contribution < -0.4 is 5.32 Å². The molecule has 0 aliphatic carbocycles. The third kappa shape index (κ3) is 4.32. The first kappa shape index (κ1) is 16.5. The van der Waals surface area contributed by atoms with Gasteiger partial charge in [0.2, 0.25) is 11.8 Å². The van der Waals surface area contributed by atoms with Gasteiger partial charge >= 0.3 is 0 Å². The fraction of sp³-hybridized carbons (Fsp3) is 0.263. The lowest BCUT2D eigenvalue weighted by atomic mass is 10.2. The fourth-order valence-corrected chi connectivity index (χ4v) is 3.17. The molecule has 24 heavy (non-hydrogen) atoms. The first-order valence-electron chi connectivity index (χ1n) is 8.03. The van der Waals surface area contributed by atoms with Crippen LogP contribution in [0.4, 0.5) is 0 Å². The van der Waals surface area contributed by atoms with E-state index in [4.69, 9.17) is 4.42 Å². The number of hydrogen-bond donors (Lipinski definition) is 1. The third-order valence-electron chi connectivity index (χ3n) is 3.78. The van der Waals surface area contributed by atoms with E-state index in [0.717, 1.165) is 23.4 Å². The van der Waals surface area contributed by atoms with Crippen LogP contribution in [-0.2, 0) is 17.6 Å². The molecule has 0 saturated heterocycles. The number of aromatic nitrogens is 1. The summed E-state index contributed by atoms with van der Waals surface area (Å²) in [6.45, 7) is 2.48. The number of aryl methyl sites for hydroxylation is 2. The van der Waals surface area contributed by atoms with Crippen molar-refractivity contribution in [1.82, 2.24) is 10.3 Å². The van der Waals surface area contributed by atoms with E-state index in [2.05, 4.69) is 16.4 Å². The molecule has 5 heteroatoms. The van der Waals surface area contributed by atoms with E-state index in [1.54, 1.807) is 11.3 Å². The van der Waals surface area contributed by atoms with Crippen LogP contribution in [-0.4, -0.2) is 17.4 Å². The molecule has 0 unspecified atom stereocenters. The highest BCUT2D eigenvalue weighted by Gasteiger charge is 2.11. The van der Waals surface area contributed by atoms with Crippen molar-refractivity contribution in [1.29, 1.82) is 0 Å². The van der Waals surface area contributed by atoms with Gasteiger partial charge in [-0.3, -0.25) is 4.79 Å². The highest BCUT2D eigenvalue weighted by molar-refractivity contribution is 7.09. The van der Waals surface area contributed by atoms with Crippen LogP contribution in [0.5, 0.6) is 0 Å². The van der Waals surface area contributed by atoms with Crippen LogP contribution in [0.2, 0.25) is 0 Å². The molecule has 0 atom stereocenters. The van der Waals surface area contributed by atoms with Crippen molar-refractivity contribution < 1.29 is 9.21 Å². The number of nitrogens with one attached hydrogen (secondary N) is 1. The van der Waals surface area contributed by atoms with Gasteiger partial charge in [-0.1, -0.05) is 24.3 Å². The normalized spacial score (nSPS) is 10.7. The molecular formula is C19H20N2O2S. The van der Waals surface area contributed by atoms with Crippen LogP contribution >= 0.6 is 11.3 Å². The van der Waals surface area contributed by atoms with Gasteiger partial charge in [0.25, 0.3) is 0 Å². The van der Waals surface area contributed by atoms with Gasteiger partial charge in [0.05, 0.1) is 5.69 Å². The minimum Gasteiger partial charge on any atom is -0.441 e. The number of benzene rings is 1. The summed E-state index contributed by atoms with van der Waals surface area (Å²) in [7, 11) is 0. The average molecular weight is 340 g/mol. The summed E-state index contributed by atoms with van der Waals surface area (Å²) >= 11 is 1.69. The Bertz CT molecular complexity index is 779. The lowest BCUT2D eigenvalue weighted by Gasteiger charge is -2.03. The maximum absolute atomic E-state index is 11.9. The van der Waals surface area contributed by atoms with Crippen molar-refractivity contribution in [2.75, 3.05) is 6.54 Å². The lowest BCUT2D eigenvalue weighted by Crippen LogP contribution is -2.26. The molecule has 0 aliphatic rings. The van der Waals surface area contributed by atoms with Gasteiger partial charge in [-0.15, -0.1) is 11.3 Å². The van der Waals surface area contributed by atoms with Gasteiger partial charge in [-0.2, -0.15) is 0 Å². The smallest absolute Gasteiger partial charge is 0.226 e. The van der Waals surface area contributed by atoms with Crippen molar-refractivity contribution in [2.24, 2.45) is 0 Å². The zero-order chi connectivity index (χ0) is 16.8. The molecule has 2 aromatic heterocycles. The average Bonchev–Trinajstić information content (AvgIpc) is 3.24. The number of carbonyl (C=O) groups excluding carboxylic acids is 1. The van der Waals surface area contributed by atoms with Gasteiger partial charge in [-0.25, -0.2) is 4.98 Å². The van der Waals surface area contributed by atoms with Gasteiger partial charge in [0, 0.05) is 29.8 Å². The first-order chi connectivity index (χ1) is 11.7. The Morgan fingerprint density at radius 1 is 1.17 bits per heavy atom. The highest BCUT2D eigenvalue weighted by atomic mass is 32.1. The largest absolute Gasteiger partial charge is 0.441 e. The molecule has 4 nitrogen and oxygen atoms in total. The van der Waals surface area contributed by atoms with E-state index < -0.39 is 0 Å². The maximum Gasteiger partial charge on any atom is 0.226 e. The Kier molecular flexibility index (Phi) is 5.43. The van der Waals surface area contributed by atoms with E-state index in [1.807, 2.05) is 48.7 Å². The van der Waals surface area contributed by atoms with E-state index in [0.29, 0.717) is 25.3 Å². The number of nitrogens with zero attached hydrogens (tertiary/aromatic N) is 1. The minimum absolute atomic E-state index is 0.0767. The van der Waals surface area contributed by atoms with Crippen molar-refractivity contribution >= 4 is 17.2 Å². The molecule has 3 aromatic rings. The van der Waals surface area contributed by atoms with Gasteiger partial charge in [0.15, 0.2) is 0 Å². The zero-order valence-corrected chi connectivity index (χ0v) is 14.4. The van der Waals surface area contributed by atoms with Gasteiger partial charge < -0.3 is 9.73 Å². The Labute approximate surface area is 145 Å². The summed E-state index contributed by atoms with van der Waals surface area (Å²) in [6.07, 6.45) is 1.99. The van der Waals surface area contributed by atoms with E-state index >= 15 is 0 Å². The second-order valence-corrected chi connectivity index (χ2v) is 6.60. The summed E-state index contributed by atoms with van der Waals surface area (Å²) in [6, 6.07) is 13.9. The lowest BCUT2D eigenvalue weighted by molar-refractivity contribution is -0.121. The van der Waals surface area contributed by atoms with Crippen molar-refractivity contribution in [3.05, 3.63) is 64.2 Å². The number of amides is 1. The SMILES string of the molecule is Cc1oc(-c2ccccc2)nc1CCNC(=O)CCc1cccs1. The molecule has 2 heterocycles. The van der Waals surface area contributed by atoms with E-state index in [9.17, 15) is 4.79 Å². The van der Waals surface area contributed by atoms with Crippen LogP contribution in [0, 0.1) is 6.92 Å². The van der Waals surface area contributed by atoms with E-state index in [-0.39, 0.29) is 5.91 Å². The summed E-state index contributed by atoms with van der Waals surface area (Å²) in [4.78, 5) is 17.7. The minimum atomic E-state index is 0.0767. The van der Waals surface area contributed by atoms with Crippen LogP contribution in [0.25, 0.3) is 11.5 Å². The Balaban J connectivity index is 1.48. The number of oxazole rings is 1. The molecule has 0 fully saturated rings. The maximum atomic E-state index is 11.9. The Hall–Kier alpha value is -2.40. The predicted octanol–water partition coefficient (Wildman–Crippen LogP) is 4.00. The number of hydrogen-bond acceptors (Lipinski definition) is 4. The monoisotopic (exact) mass is 340 g/mol. The topological polar surface area (TPSA) is 55.1 Å². The van der Waals surface area contributed by atoms with Crippen molar-refractivity contribution in [3.8, 4) is 11.5 Å². The highest BCUT2D eigenvalue weighted by Crippen LogP contribution is 2.21. The summed E-state index contributed by atoms with van der Waals surface area (Å²) in [5.41, 5.74) is 1.86. The standard InChI is InChI=1S/C19H20N2O2S/c1-14-17(21-19(23-14)15-6-3-2-4-7-15)11-12-20-18(22)10-9-16-8-5-13-24-16/h2-8,13H,9-12H2,1H3,(H,20,22). The van der Waals surface area contributed by atoms with Gasteiger partial charge in [0.1, 0.15) is 5.76 Å². The number of carbonyl (C=O) groups is 1. The summed E-state index contributed by atoms with van der Waals surface area (Å²) < 4.78 is 5.73. The zero-order valence-electron chi connectivity index (χ0n) is 13.6. The van der Waals surface area contributed by atoms with E-state index in [1.165, 1.54) is 4.88 Å². The summed E-state index contributed by atoms with van der Waals surface area (Å²) in [5, 5.41) is 4.99. The van der Waals surface area contributed by atoms with Crippen LogP contribution in [0.15, 0.2) is 52.3 Å². The quantitative estimate of drug-likeness (QED) is 0.707. The molecule has 0 spiro atoms. The third-order valence-corrected chi connectivity index (χ3v) is 4.71. The molecule has 0 aliphatic heterocycles. The van der Waals surface area contributed by atoms with Crippen LogP contribution in [0.1, 0.15) is 22.8 Å². The molecule has 3 rings (SSSR count). The Morgan fingerprint density at radius 2 is 2.00 bits per heavy atom. The van der Waals surface area contributed by atoms with Gasteiger partial charge in [-0.05, 0) is 36.9 Å². The molecular weight excluding hydrogens is 320 g/mol. The molecule has 1 aromatic carbocycles. The van der Waals surface area contributed by atoms with Crippen molar-refractivity contribution in [3.63, 3.8) is 0 Å².